The number of hydrogen-bond donors (Lipinski definition) is 1. The van der Waals surface area contributed by atoms with Gasteiger partial charge >= 0.3 is 0 Å². The molecule has 2 N–H and O–H groups in total. The maximum Gasteiger partial charge on any atom is 0.131 e. The number of hydrogen-bond acceptors (Lipinski definition) is 3. The predicted octanol–water partition coefficient (Wildman–Crippen LogP) is 1.48. The Bertz CT molecular complexity index is 237. The average Bonchev–Trinajstić information content (AvgIpc) is 2.05. The van der Waals surface area contributed by atoms with Crippen molar-refractivity contribution in [3.05, 3.63) is 23.8 Å². The van der Waals surface area contributed by atoms with E-state index in [1.807, 2.05) is 6.07 Å². The van der Waals surface area contributed by atoms with Gasteiger partial charge in [-0.3, -0.25) is 0 Å². The standard InChI is InChI=1S/C8H13N3.ClH/c1-6(2)8-10-4-3-7(5-9)11-8;/h3-4,6H,5,9H2,1-2H3;1H. The molecule has 0 saturated carbocycles. The molecular weight excluding hydrogens is 174 g/mol. The molecule has 0 amide bonds. The third-order valence-electron chi connectivity index (χ3n) is 1.46. The largest absolute Gasteiger partial charge is 0.325 e. The van der Waals surface area contributed by atoms with Crippen LogP contribution in [0.15, 0.2) is 12.3 Å². The number of nitrogens with zero attached hydrogens (tertiary/aromatic N) is 2. The molecule has 1 aromatic rings. The summed E-state index contributed by atoms with van der Waals surface area (Å²) in [5.74, 6) is 1.24. The zero-order valence-electron chi connectivity index (χ0n) is 7.32. The third-order valence-corrected chi connectivity index (χ3v) is 1.46. The lowest BCUT2D eigenvalue weighted by Gasteiger charge is -2.03. The van der Waals surface area contributed by atoms with Gasteiger partial charge in [-0.2, -0.15) is 0 Å². The molecule has 0 atom stereocenters. The van der Waals surface area contributed by atoms with Crippen LogP contribution in [0.4, 0.5) is 0 Å². The molecule has 0 aliphatic carbocycles. The summed E-state index contributed by atoms with van der Waals surface area (Å²) in [6.45, 7) is 4.62. The summed E-state index contributed by atoms with van der Waals surface area (Å²) in [5.41, 5.74) is 6.33. The number of rotatable bonds is 2. The van der Waals surface area contributed by atoms with Crippen molar-refractivity contribution in [1.29, 1.82) is 0 Å². The molecule has 0 radical (unpaired) electrons. The highest BCUT2D eigenvalue weighted by Gasteiger charge is 2.01. The van der Waals surface area contributed by atoms with Crippen LogP contribution in [0.25, 0.3) is 0 Å². The molecule has 0 aliphatic rings. The molecule has 0 bridgehead atoms. The molecule has 0 aliphatic heterocycles. The van der Waals surface area contributed by atoms with Gasteiger partial charge in [-0.05, 0) is 6.07 Å². The monoisotopic (exact) mass is 187 g/mol. The molecule has 1 heterocycles. The van der Waals surface area contributed by atoms with E-state index in [2.05, 4.69) is 23.8 Å². The second-order valence-electron chi connectivity index (χ2n) is 2.77. The van der Waals surface area contributed by atoms with Crippen LogP contribution in [0.5, 0.6) is 0 Å². The quantitative estimate of drug-likeness (QED) is 0.763. The average molecular weight is 188 g/mol. The van der Waals surface area contributed by atoms with Gasteiger partial charge in [0.1, 0.15) is 5.82 Å². The smallest absolute Gasteiger partial charge is 0.131 e. The molecule has 4 heteroatoms. The first kappa shape index (κ1) is 11.3. The molecule has 0 aromatic carbocycles. The number of halogens is 1. The highest BCUT2D eigenvalue weighted by Crippen LogP contribution is 2.07. The Kier molecular flexibility index (Phi) is 4.78. The topological polar surface area (TPSA) is 51.8 Å². The van der Waals surface area contributed by atoms with Crippen molar-refractivity contribution in [2.24, 2.45) is 5.73 Å². The fourth-order valence-electron chi connectivity index (χ4n) is 0.805. The SMILES string of the molecule is CC(C)c1nccc(CN)n1.Cl. The van der Waals surface area contributed by atoms with E-state index in [0.29, 0.717) is 12.5 Å². The van der Waals surface area contributed by atoms with Gasteiger partial charge in [-0.25, -0.2) is 9.97 Å². The predicted molar refractivity (Wildman–Crippen MR) is 51.3 cm³/mol. The molecular formula is C8H14ClN3. The van der Waals surface area contributed by atoms with E-state index in [1.54, 1.807) is 6.20 Å². The van der Waals surface area contributed by atoms with Gasteiger partial charge in [0.25, 0.3) is 0 Å². The van der Waals surface area contributed by atoms with Crippen LogP contribution in [0.1, 0.15) is 31.3 Å². The Morgan fingerprint density at radius 1 is 1.50 bits per heavy atom. The molecule has 0 spiro atoms. The molecule has 1 rings (SSSR count). The van der Waals surface area contributed by atoms with Crippen molar-refractivity contribution >= 4 is 12.4 Å². The van der Waals surface area contributed by atoms with Gasteiger partial charge in [-0.1, -0.05) is 13.8 Å². The summed E-state index contributed by atoms with van der Waals surface area (Å²) in [4.78, 5) is 8.37. The minimum atomic E-state index is 0. The van der Waals surface area contributed by atoms with Crippen LogP contribution in [0.3, 0.4) is 0 Å². The Hall–Kier alpha value is -0.670. The maximum absolute atomic E-state index is 5.43. The minimum absolute atomic E-state index is 0. The fraction of sp³-hybridized carbons (Fsp3) is 0.500. The van der Waals surface area contributed by atoms with E-state index in [9.17, 15) is 0 Å². The van der Waals surface area contributed by atoms with Crippen molar-refractivity contribution < 1.29 is 0 Å². The van der Waals surface area contributed by atoms with Gasteiger partial charge in [0, 0.05) is 18.7 Å². The normalized spacial score (nSPS) is 9.67. The van der Waals surface area contributed by atoms with E-state index >= 15 is 0 Å². The van der Waals surface area contributed by atoms with Gasteiger partial charge < -0.3 is 5.73 Å². The number of aromatic nitrogens is 2. The first-order valence-electron chi connectivity index (χ1n) is 3.76. The summed E-state index contributed by atoms with van der Waals surface area (Å²) >= 11 is 0. The van der Waals surface area contributed by atoms with Gasteiger partial charge in [-0.15, -0.1) is 12.4 Å². The van der Waals surface area contributed by atoms with E-state index in [4.69, 9.17) is 5.73 Å². The Morgan fingerprint density at radius 2 is 2.17 bits per heavy atom. The second-order valence-corrected chi connectivity index (χ2v) is 2.77. The Balaban J connectivity index is 0.00000121. The Morgan fingerprint density at radius 3 is 2.67 bits per heavy atom. The Labute approximate surface area is 78.8 Å². The molecule has 3 nitrogen and oxygen atoms in total. The molecule has 12 heavy (non-hydrogen) atoms. The molecule has 1 aromatic heterocycles. The summed E-state index contributed by atoms with van der Waals surface area (Å²) in [6.07, 6.45) is 1.75. The van der Waals surface area contributed by atoms with Crippen LogP contribution in [-0.4, -0.2) is 9.97 Å². The summed E-state index contributed by atoms with van der Waals surface area (Å²) in [5, 5.41) is 0. The van der Waals surface area contributed by atoms with E-state index in [0.717, 1.165) is 11.5 Å². The highest BCUT2D eigenvalue weighted by atomic mass is 35.5. The lowest BCUT2D eigenvalue weighted by atomic mass is 10.2. The van der Waals surface area contributed by atoms with Gasteiger partial charge in [0.15, 0.2) is 0 Å². The lowest BCUT2D eigenvalue weighted by Crippen LogP contribution is -2.04. The van der Waals surface area contributed by atoms with E-state index < -0.39 is 0 Å². The van der Waals surface area contributed by atoms with Crippen LogP contribution < -0.4 is 5.73 Å². The number of nitrogens with two attached hydrogens (primary N) is 1. The van der Waals surface area contributed by atoms with Gasteiger partial charge in [0.05, 0.1) is 5.69 Å². The van der Waals surface area contributed by atoms with Crippen molar-refractivity contribution in [2.75, 3.05) is 0 Å². The van der Waals surface area contributed by atoms with Crippen molar-refractivity contribution in [1.82, 2.24) is 9.97 Å². The second kappa shape index (κ2) is 5.06. The molecule has 0 saturated heterocycles. The van der Waals surface area contributed by atoms with E-state index in [1.165, 1.54) is 0 Å². The first-order valence-corrected chi connectivity index (χ1v) is 3.76. The summed E-state index contributed by atoms with van der Waals surface area (Å²) < 4.78 is 0. The van der Waals surface area contributed by atoms with Crippen molar-refractivity contribution in [2.45, 2.75) is 26.3 Å². The minimum Gasteiger partial charge on any atom is -0.325 e. The zero-order chi connectivity index (χ0) is 8.27. The third kappa shape index (κ3) is 2.75. The lowest BCUT2D eigenvalue weighted by molar-refractivity contribution is 0.756. The highest BCUT2D eigenvalue weighted by molar-refractivity contribution is 5.85. The van der Waals surface area contributed by atoms with E-state index in [-0.39, 0.29) is 12.4 Å². The van der Waals surface area contributed by atoms with Crippen LogP contribution in [0.2, 0.25) is 0 Å². The molecule has 0 unspecified atom stereocenters. The van der Waals surface area contributed by atoms with Gasteiger partial charge in [0.2, 0.25) is 0 Å². The molecule has 68 valence electrons. The first-order chi connectivity index (χ1) is 5.24. The maximum atomic E-state index is 5.43. The van der Waals surface area contributed by atoms with Crippen molar-refractivity contribution in [3.8, 4) is 0 Å². The fourth-order valence-corrected chi connectivity index (χ4v) is 0.805. The van der Waals surface area contributed by atoms with Crippen LogP contribution >= 0.6 is 12.4 Å². The zero-order valence-corrected chi connectivity index (χ0v) is 8.14. The van der Waals surface area contributed by atoms with Crippen LogP contribution in [-0.2, 0) is 6.54 Å². The van der Waals surface area contributed by atoms with Crippen molar-refractivity contribution in [3.63, 3.8) is 0 Å². The van der Waals surface area contributed by atoms with Crippen LogP contribution in [0, 0.1) is 0 Å². The summed E-state index contributed by atoms with van der Waals surface area (Å²) in [6, 6.07) is 1.84. The summed E-state index contributed by atoms with van der Waals surface area (Å²) in [7, 11) is 0. The molecule has 0 fully saturated rings.